The van der Waals surface area contributed by atoms with Crippen LogP contribution in [0.25, 0.3) is 0 Å². The minimum Gasteiger partial charge on any atom is -0.313 e. The summed E-state index contributed by atoms with van der Waals surface area (Å²) in [5.41, 5.74) is 2.16. The third-order valence-electron chi connectivity index (χ3n) is 3.50. The number of hydrogen-bond acceptors (Lipinski definition) is 3. The normalized spacial score (nSPS) is 11.8. The average molecular weight is 301 g/mol. The first-order valence-electron chi connectivity index (χ1n) is 7.73. The highest BCUT2D eigenvalue weighted by Crippen LogP contribution is 2.22. The molecule has 4 nitrogen and oxygen atoms in total. The van der Waals surface area contributed by atoms with Gasteiger partial charge in [-0.25, -0.2) is 0 Å². The number of rotatable bonds is 9. The lowest BCUT2D eigenvalue weighted by molar-refractivity contribution is 0.268. The van der Waals surface area contributed by atoms with Crippen LogP contribution in [0, 0.1) is 0 Å². The number of aromatic nitrogens is 2. The quantitative estimate of drug-likeness (QED) is 0.761. The second-order valence-electron chi connectivity index (χ2n) is 5.35. The molecule has 0 bridgehead atoms. The summed E-state index contributed by atoms with van der Waals surface area (Å²) in [6.07, 6.45) is 0.889. The molecule has 1 heterocycles. The van der Waals surface area contributed by atoms with Crippen molar-refractivity contribution < 1.29 is 0 Å². The van der Waals surface area contributed by atoms with Crippen molar-refractivity contribution in [1.82, 2.24) is 20.0 Å². The number of likely N-dealkylation sites (N-methyl/N-ethyl adjacent to an activating group) is 1. The zero-order chi connectivity index (χ0) is 15.1. The second-order valence-corrected chi connectivity index (χ2v) is 5.73. The van der Waals surface area contributed by atoms with Gasteiger partial charge in [0.05, 0.1) is 16.4 Å². The van der Waals surface area contributed by atoms with Crippen LogP contribution in [0.5, 0.6) is 0 Å². The maximum absolute atomic E-state index is 6.47. The Bertz CT molecular complexity index is 401. The molecule has 0 radical (unpaired) electrons. The third-order valence-corrected chi connectivity index (χ3v) is 3.93. The maximum Gasteiger partial charge on any atom is 0.0863 e. The average Bonchev–Trinajstić information content (AvgIpc) is 2.73. The number of nitrogens with zero attached hydrogens (tertiary/aromatic N) is 3. The van der Waals surface area contributed by atoms with Crippen LogP contribution >= 0.6 is 11.6 Å². The monoisotopic (exact) mass is 300 g/mol. The van der Waals surface area contributed by atoms with Crippen LogP contribution in [0.3, 0.4) is 0 Å². The predicted octanol–water partition coefficient (Wildman–Crippen LogP) is 2.94. The molecule has 0 saturated heterocycles. The van der Waals surface area contributed by atoms with Gasteiger partial charge in [0.1, 0.15) is 0 Å². The van der Waals surface area contributed by atoms with E-state index in [1.54, 1.807) is 0 Å². The van der Waals surface area contributed by atoms with Crippen LogP contribution in [0.15, 0.2) is 0 Å². The van der Waals surface area contributed by atoms with Crippen molar-refractivity contribution in [3.05, 3.63) is 16.4 Å². The lowest BCUT2D eigenvalue weighted by Crippen LogP contribution is -2.35. The first-order chi connectivity index (χ1) is 9.53. The molecule has 0 saturated carbocycles. The van der Waals surface area contributed by atoms with Crippen molar-refractivity contribution in [3.8, 4) is 0 Å². The Hall–Kier alpha value is -0.580. The van der Waals surface area contributed by atoms with E-state index in [9.17, 15) is 0 Å². The molecule has 1 rings (SSSR count). The Morgan fingerprint density at radius 1 is 1.30 bits per heavy atom. The molecule has 1 aromatic heterocycles. The molecule has 0 fully saturated rings. The summed E-state index contributed by atoms with van der Waals surface area (Å²) in [6, 6.07) is 0.533. The summed E-state index contributed by atoms with van der Waals surface area (Å²) >= 11 is 6.47. The minimum absolute atomic E-state index is 0.533. The van der Waals surface area contributed by atoms with Crippen LogP contribution in [0.4, 0.5) is 0 Å². The van der Waals surface area contributed by atoms with E-state index >= 15 is 0 Å². The highest BCUT2D eigenvalue weighted by Gasteiger charge is 2.16. The number of aryl methyl sites for hydroxylation is 2. The van der Waals surface area contributed by atoms with Gasteiger partial charge >= 0.3 is 0 Å². The standard InChI is InChI=1S/C15H29ClN4/c1-6-13-15(16)14(20(8-3)18-13)11-19(7-2)10-9-17-12(4)5/h12,17H,6-11H2,1-5H3. The fourth-order valence-electron chi connectivity index (χ4n) is 2.24. The first-order valence-corrected chi connectivity index (χ1v) is 8.10. The maximum atomic E-state index is 6.47. The molecule has 0 spiro atoms. The number of nitrogens with one attached hydrogen (secondary N) is 1. The highest BCUT2D eigenvalue weighted by molar-refractivity contribution is 6.31. The lowest BCUT2D eigenvalue weighted by atomic mass is 10.3. The van der Waals surface area contributed by atoms with Crippen molar-refractivity contribution in [3.63, 3.8) is 0 Å². The van der Waals surface area contributed by atoms with Gasteiger partial charge in [0.2, 0.25) is 0 Å². The molecular weight excluding hydrogens is 272 g/mol. The van der Waals surface area contributed by atoms with Gasteiger partial charge in [-0.3, -0.25) is 9.58 Å². The van der Waals surface area contributed by atoms with Gasteiger partial charge in [-0.2, -0.15) is 5.10 Å². The van der Waals surface area contributed by atoms with E-state index in [4.69, 9.17) is 11.6 Å². The molecule has 0 atom stereocenters. The Morgan fingerprint density at radius 2 is 2.00 bits per heavy atom. The molecule has 0 aliphatic carbocycles. The van der Waals surface area contributed by atoms with Gasteiger partial charge in [-0.15, -0.1) is 0 Å². The van der Waals surface area contributed by atoms with Crippen molar-refractivity contribution in [2.24, 2.45) is 0 Å². The van der Waals surface area contributed by atoms with Gasteiger partial charge in [0, 0.05) is 32.2 Å². The zero-order valence-electron chi connectivity index (χ0n) is 13.5. The van der Waals surface area contributed by atoms with Gasteiger partial charge in [-0.05, 0) is 19.9 Å². The molecule has 0 unspecified atom stereocenters. The number of halogens is 1. The van der Waals surface area contributed by atoms with Crippen molar-refractivity contribution >= 4 is 11.6 Å². The molecule has 5 heteroatoms. The fourth-order valence-corrected chi connectivity index (χ4v) is 2.57. The Balaban J connectivity index is 2.71. The van der Waals surface area contributed by atoms with E-state index in [-0.39, 0.29) is 0 Å². The summed E-state index contributed by atoms with van der Waals surface area (Å²) in [5, 5.41) is 8.90. The van der Waals surface area contributed by atoms with Gasteiger partial charge in [-0.1, -0.05) is 39.3 Å². The van der Waals surface area contributed by atoms with Crippen LogP contribution < -0.4 is 5.32 Å². The first kappa shape index (κ1) is 17.5. The Morgan fingerprint density at radius 3 is 2.50 bits per heavy atom. The van der Waals surface area contributed by atoms with E-state index in [1.807, 2.05) is 4.68 Å². The molecule has 1 N–H and O–H groups in total. The zero-order valence-corrected chi connectivity index (χ0v) is 14.3. The molecule has 1 aromatic rings. The molecule has 0 aromatic carbocycles. The van der Waals surface area contributed by atoms with Crippen molar-refractivity contribution in [2.75, 3.05) is 19.6 Å². The van der Waals surface area contributed by atoms with Crippen molar-refractivity contribution in [1.29, 1.82) is 0 Å². The SMILES string of the molecule is CCc1nn(CC)c(CN(CC)CCNC(C)C)c1Cl. The summed E-state index contributed by atoms with van der Waals surface area (Å²) in [7, 11) is 0. The Labute approximate surface area is 128 Å². The van der Waals surface area contributed by atoms with Crippen LogP contribution in [0.1, 0.15) is 46.0 Å². The smallest absolute Gasteiger partial charge is 0.0863 e. The largest absolute Gasteiger partial charge is 0.313 e. The molecule has 20 heavy (non-hydrogen) atoms. The van der Waals surface area contributed by atoms with Gasteiger partial charge < -0.3 is 5.32 Å². The molecule has 0 aliphatic heterocycles. The molecular formula is C15H29ClN4. The van der Waals surface area contributed by atoms with Crippen LogP contribution in [0.2, 0.25) is 5.02 Å². The molecule has 0 amide bonds. The minimum atomic E-state index is 0.533. The van der Waals surface area contributed by atoms with Gasteiger partial charge in [0.15, 0.2) is 0 Å². The van der Waals surface area contributed by atoms with E-state index in [1.165, 1.54) is 0 Å². The highest BCUT2D eigenvalue weighted by atomic mass is 35.5. The van der Waals surface area contributed by atoms with Crippen molar-refractivity contribution in [2.45, 2.75) is 60.2 Å². The van der Waals surface area contributed by atoms with Gasteiger partial charge in [0.25, 0.3) is 0 Å². The van der Waals surface area contributed by atoms with Crippen LogP contribution in [-0.2, 0) is 19.5 Å². The van der Waals surface area contributed by atoms with E-state index in [2.05, 4.69) is 49.9 Å². The summed E-state index contributed by atoms with van der Waals surface area (Å²) in [4.78, 5) is 2.41. The van der Waals surface area contributed by atoms with E-state index in [0.717, 1.165) is 55.6 Å². The topological polar surface area (TPSA) is 33.1 Å². The van der Waals surface area contributed by atoms with E-state index in [0.29, 0.717) is 6.04 Å². The lowest BCUT2D eigenvalue weighted by Gasteiger charge is -2.22. The molecule has 0 aliphatic rings. The van der Waals surface area contributed by atoms with Crippen LogP contribution in [-0.4, -0.2) is 40.4 Å². The fraction of sp³-hybridized carbons (Fsp3) is 0.800. The summed E-state index contributed by atoms with van der Waals surface area (Å²) in [5.74, 6) is 0. The summed E-state index contributed by atoms with van der Waals surface area (Å²) in [6.45, 7) is 15.5. The third kappa shape index (κ3) is 4.76. The summed E-state index contributed by atoms with van der Waals surface area (Å²) < 4.78 is 2.04. The van der Waals surface area contributed by atoms with E-state index < -0.39 is 0 Å². The molecule has 116 valence electrons. The predicted molar refractivity (Wildman–Crippen MR) is 86.4 cm³/mol. The number of hydrogen-bond donors (Lipinski definition) is 1. The second kappa shape index (κ2) is 8.65. The Kier molecular flexibility index (Phi) is 7.56.